The first-order chi connectivity index (χ1) is 10.9. The van der Waals surface area contributed by atoms with Crippen molar-refractivity contribution in [1.82, 2.24) is 9.55 Å². The summed E-state index contributed by atoms with van der Waals surface area (Å²) >= 11 is 0. The summed E-state index contributed by atoms with van der Waals surface area (Å²) in [6.07, 6.45) is 2.71. The average molecular weight is 353 g/mol. The molecule has 0 aliphatic heterocycles. The van der Waals surface area contributed by atoms with Gasteiger partial charge in [0.1, 0.15) is 0 Å². The van der Waals surface area contributed by atoms with Crippen LogP contribution in [0.25, 0.3) is 0 Å². The minimum absolute atomic E-state index is 0. The zero-order valence-corrected chi connectivity index (χ0v) is 15.6. The number of hydrogen-bond acceptors (Lipinski definition) is 4. The van der Waals surface area contributed by atoms with Gasteiger partial charge in [0.05, 0.1) is 18.1 Å². The molecule has 0 bridgehead atoms. The number of aryl methyl sites for hydroxylation is 1. The molecule has 2 rings (SSSR count). The van der Waals surface area contributed by atoms with Crippen LogP contribution in [0.5, 0.6) is 0 Å². The molecule has 2 aromatic rings. The molecule has 1 aromatic carbocycles. The number of rotatable bonds is 5. The maximum atomic E-state index is 11.4. The number of imidazole rings is 1. The first kappa shape index (κ1) is 20.0. The molecule has 0 amide bonds. The van der Waals surface area contributed by atoms with Crippen LogP contribution in [0.2, 0.25) is 0 Å². The van der Waals surface area contributed by atoms with Crippen molar-refractivity contribution in [2.45, 2.75) is 53.4 Å². The van der Waals surface area contributed by atoms with Gasteiger partial charge in [0.25, 0.3) is 0 Å². The van der Waals surface area contributed by atoms with E-state index >= 15 is 0 Å². The highest BCUT2D eigenvalue weighted by Crippen LogP contribution is 2.27. The number of aromatic nitrogens is 2. The van der Waals surface area contributed by atoms with Crippen molar-refractivity contribution in [3.63, 3.8) is 0 Å². The maximum Gasteiger partial charge on any atom is 0.510 e. The van der Waals surface area contributed by atoms with Crippen LogP contribution in [0.3, 0.4) is 0 Å². The molecule has 0 fully saturated rings. The van der Waals surface area contributed by atoms with Crippen LogP contribution >= 0.6 is 12.4 Å². The molecule has 132 valence electrons. The third-order valence-electron chi connectivity index (χ3n) is 3.87. The van der Waals surface area contributed by atoms with E-state index in [1.54, 1.807) is 24.7 Å². The van der Waals surface area contributed by atoms with E-state index in [1.165, 1.54) is 16.7 Å². The van der Waals surface area contributed by atoms with Crippen molar-refractivity contribution >= 4 is 18.6 Å². The Morgan fingerprint density at radius 1 is 1.25 bits per heavy atom. The Morgan fingerprint density at radius 2 is 1.96 bits per heavy atom. The Bertz CT molecular complexity index is 683. The summed E-state index contributed by atoms with van der Waals surface area (Å²) in [7, 11) is 0. The van der Waals surface area contributed by atoms with Crippen molar-refractivity contribution in [2.75, 3.05) is 0 Å². The summed E-state index contributed by atoms with van der Waals surface area (Å²) in [6.45, 7) is 10.0. The number of nitrogens with zero attached hydrogens (tertiary/aromatic N) is 2. The topological polar surface area (TPSA) is 53.4 Å². The van der Waals surface area contributed by atoms with E-state index in [0.717, 1.165) is 5.69 Å². The van der Waals surface area contributed by atoms with Gasteiger partial charge in [-0.05, 0) is 44.4 Å². The molecule has 1 atom stereocenters. The number of ether oxygens (including phenoxy) is 2. The van der Waals surface area contributed by atoms with Crippen molar-refractivity contribution in [2.24, 2.45) is 0 Å². The summed E-state index contributed by atoms with van der Waals surface area (Å²) in [5, 5.41) is 0. The minimum atomic E-state index is -0.669. The molecule has 0 aliphatic rings. The van der Waals surface area contributed by atoms with Crippen molar-refractivity contribution < 1.29 is 14.3 Å². The molecule has 24 heavy (non-hydrogen) atoms. The normalized spacial score (nSPS) is 11.8. The molecule has 5 nitrogen and oxygen atoms in total. The second-order valence-corrected chi connectivity index (χ2v) is 6.01. The third-order valence-corrected chi connectivity index (χ3v) is 3.87. The number of carbonyl (C=O) groups excluding carboxylic acids is 1. The van der Waals surface area contributed by atoms with E-state index in [-0.39, 0.29) is 31.2 Å². The molecule has 0 radical (unpaired) electrons. The Morgan fingerprint density at radius 3 is 2.62 bits per heavy atom. The Hall–Kier alpha value is -2.01. The van der Waals surface area contributed by atoms with E-state index in [1.807, 2.05) is 6.20 Å². The largest absolute Gasteiger partial charge is 0.510 e. The van der Waals surface area contributed by atoms with Gasteiger partial charge in [0.2, 0.25) is 0 Å². The standard InChI is InChI=1S/C18H24N2O3.ClH/c1-12(2)23-18(21)22-11-20-9-17(19-10-20)15(5)16-8-6-7-13(3)14(16)4;/h6-10,12,15H,11H2,1-5H3;1H/t15-;/m0./s1. The van der Waals surface area contributed by atoms with Gasteiger partial charge >= 0.3 is 6.16 Å². The van der Waals surface area contributed by atoms with Crippen LogP contribution in [-0.2, 0) is 16.2 Å². The van der Waals surface area contributed by atoms with E-state index in [0.29, 0.717) is 0 Å². The highest BCUT2D eigenvalue weighted by molar-refractivity contribution is 5.85. The highest BCUT2D eigenvalue weighted by atomic mass is 35.5. The summed E-state index contributed by atoms with van der Waals surface area (Å²) < 4.78 is 11.7. The zero-order valence-electron chi connectivity index (χ0n) is 14.8. The van der Waals surface area contributed by atoms with Gasteiger partial charge in [-0.25, -0.2) is 9.78 Å². The summed E-state index contributed by atoms with van der Waals surface area (Å²) in [5.41, 5.74) is 4.76. The smallest absolute Gasteiger partial charge is 0.432 e. The minimum Gasteiger partial charge on any atom is -0.432 e. The third kappa shape index (κ3) is 4.99. The van der Waals surface area contributed by atoms with Gasteiger partial charge < -0.3 is 14.0 Å². The fraction of sp³-hybridized carbons (Fsp3) is 0.444. The Balaban J connectivity index is 0.00000288. The Labute approximate surface area is 149 Å². The molecule has 0 saturated heterocycles. The van der Waals surface area contributed by atoms with Gasteiger partial charge in [0.15, 0.2) is 6.73 Å². The van der Waals surface area contributed by atoms with Gasteiger partial charge in [-0.15, -0.1) is 12.4 Å². The molecule has 0 unspecified atom stereocenters. The first-order valence-corrected chi connectivity index (χ1v) is 7.79. The van der Waals surface area contributed by atoms with Crippen molar-refractivity contribution in [3.8, 4) is 0 Å². The second-order valence-electron chi connectivity index (χ2n) is 6.01. The zero-order chi connectivity index (χ0) is 17.0. The second kappa shape index (κ2) is 8.73. The van der Waals surface area contributed by atoms with Crippen LogP contribution in [0.15, 0.2) is 30.7 Å². The number of halogens is 1. The van der Waals surface area contributed by atoms with E-state index in [2.05, 4.69) is 44.0 Å². The van der Waals surface area contributed by atoms with Crippen molar-refractivity contribution in [1.29, 1.82) is 0 Å². The van der Waals surface area contributed by atoms with Crippen LogP contribution in [0, 0.1) is 13.8 Å². The number of carbonyl (C=O) groups is 1. The van der Waals surface area contributed by atoms with Crippen molar-refractivity contribution in [3.05, 3.63) is 53.1 Å². The van der Waals surface area contributed by atoms with Crippen LogP contribution in [0.4, 0.5) is 4.79 Å². The van der Waals surface area contributed by atoms with Crippen LogP contribution < -0.4 is 0 Å². The molecular weight excluding hydrogens is 328 g/mol. The molecule has 0 N–H and O–H groups in total. The fourth-order valence-corrected chi connectivity index (χ4v) is 2.43. The highest BCUT2D eigenvalue weighted by Gasteiger charge is 2.15. The molecule has 1 heterocycles. The summed E-state index contributed by atoms with van der Waals surface area (Å²) in [6, 6.07) is 6.30. The van der Waals surface area contributed by atoms with Gasteiger partial charge in [-0.1, -0.05) is 25.1 Å². The number of hydrogen-bond donors (Lipinski definition) is 0. The quantitative estimate of drug-likeness (QED) is 0.738. The number of benzene rings is 1. The van der Waals surface area contributed by atoms with E-state index in [4.69, 9.17) is 9.47 Å². The first-order valence-electron chi connectivity index (χ1n) is 7.79. The van der Waals surface area contributed by atoms with Gasteiger partial charge in [-0.2, -0.15) is 0 Å². The lowest BCUT2D eigenvalue weighted by molar-refractivity contribution is 0.0160. The lowest BCUT2D eigenvalue weighted by Crippen LogP contribution is -2.14. The molecule has 6 heteroatoms. The Kier molecular flexibility index (Phi) is 7.29. The predicted molar refractivity (Wildman–Crippen MR) is 95.6 cm³/mol. The molecule has 0 spiro atoms. The SMILES string of the molecule is Cc1cccc([C@H](C)c2cn(COC(=O)OC(C)C)cn2)c1C.Cl. The fourth-order valence-electron chi connectivity index (χ4n) is 2.43. The lowest BCUT2D eigenvalue weighted by atomic mass is 9.92. The average Bonchev–Trinajstić information content (AvgIpc) is 2.95. The molecule has 0 saturated carbocycles. The molecule has 0 aliphatic carbocycles. The van der Waals surface area contributed by atoms with E-state index < -0.39 is 6.16 Å². The maximum absolute atomic E-state index is 11.4. The predicted octanol–water partition coefficient (Wildman–Crippen LogP) is 4.59. The van der Waals surface area contributed by atoms with Crippen LogP contribution in [-0.4, -0.2) is 21.8 Å². The van der Waals surface area contributed by atoms with Gasteiger partial charge in [-0.3, -0.25) is 0 Å². The lowest BCUT2D eigenvalue weighted by Gasteiger charge is -2.14. The monoisotopic (exact) mass is 352 g/mol. The summed E-state index contributed by atoms with van der Waals surface area (Å²) in [5.74, 6) is 0.179. The van der Waals surface area contributed by atoms with Gasteiger partial charge in [0, 0.05) is 12.1 Å². The van der Waals surface area contributed by atoms with Crippen LogP contribution in [0.1, 0.15) is 49.1 Å². The summed E-state index contributed by atoms with van der Waals surface area (Å²) in [4.78, 5) is 15.8. The molecule has 1 aromatic heterocycles. The molecular formula is C18H25ClN2O3. The van der Waals surface area contributed by atoms with E-state index in [9.17, 15) is 4.79 Å².